The fourth-order valence-corrected chi connectivity index (χ4v) is 2.96. The molecule has 1 fully saturated rings. The Labute approximate surface area is 143 Å². The molecule has 1 aliphatic carbocycles. The van der Waals surface area contributed by atoms with Gasteiger partial charge in [-0.15, -0.1) is 0 Å². The molecule has 0 spiro atoms. The molecule has 0 saturated heterocycles. The molecular formula is C20H24FN3. The van der Waals surface area contributed by atoms with E-state index in [0.29, 0.717) is 0 Å². The summed E-state index contributed by atoms with van der Waals surface area (Å²) in [5, 5.41) is 6.77. The van der Waals surface area contributed by atoms with Gasteiger partial charge in [-0.3, -0.25) is 4.99 Å². The van der Waals surface area contributed by atoms with Gasteiger partial charge in [-0.25, -0.2) is 4.39 Å². The first-order chi connectivity index (χ1) is 11.7. The van der Waals surface area contributed by atoms with Gasteiger partial charge < -0.3 is 10.6 Å². The van der Waals surface area contributed by atoms with Crippen molar-refractivity contribution in [3.63, 3.8) is 0 Å². The van der Waals surface area contributed by atoms with Crippen molar-refractivity contribution >= 4 is 5.96 Å². The Bertz CT molecular complexity index is 676. The third-order valence-corrected chi connectivity index (χ3v) is 4.68. The molecule has 0 aliphatic heterocycles. The van der Waals surface area contributed by atoms with Crippen LogP contribution in [0.1, 0.15) is 24.0 Å². The van der Waals surface area contributed by atoms with E-state index in [-0.39, 0.29) is 11.2 Å². The Kier molecular flexibility index (Phi) is 5.14. The minimum Gasteiger partial charge on any atom is -0.356 e. The van der Waals surface area contributed by atoms with Crippen LogP contribution >= 0.6 is 0 Å². The lowest BCUT2D eigenvalue weighted by molar-refractivity contribution is 0.626. The second kappa shape index (κ2) is 7.47. The Hall–Kier alpha value is -2.36. The van der Waals surface area contributed by atoms with Crippen LogP contribution in [-0.2, 0) is 11.8 Å². The highest BCUT2D eigenvalue weighted by Gasteiger charge is 2.43. The summed E-state index contributed by atoms with van der Waals surface area (Å²) >= 11 is 0. The van der Waals surface area contributed by atoms with Gasteiger partial charge in [0.2, 0.25) is 0 Å². The van der Waals surface area contributed by atoms with Crippen LogP contribution in [-0.4, -0.2) is 26.1 Å². The van der Waals surface area contributed by atoms with Crippen molar-refractivity contribution in [2.45, 2.75) is 24.7 Å². The van der Waals surface area contributed by atoms with Crippen LogP contribution in [0.5, 0.6) is 0 Å². The highest BCUT2D eigenvalue weighted by molar-refractivity contribution is 5.79. The van der Waals surface area contributed by atoms with E-state index in [1.807, 2.05) is 12.1 Å². The molecule has 2 aromatic carbocycles. The standard InChI is InChI=1S/C20H24FN3/c1-22-19(23-14-11-16-7-9-18(21)10-8-16)24-15-20(12-13-20)17-5-3-2-4-6-17/h2-10H,11-15H2,1H3,(H2,22,23,24). The van der Waals surface area contributed by atoms with E-state index in [2.05, 4.69) is 46.0 Å². The van der Waals surface area contributed by atoms with Crippen LogP contribution in [0.4, 0.5) is 4.39 Å². The molecule has 1 saturated carbocycles. The van der Waals surface area contributed by atoms with Crippen LogP contribution in [0.25, 0.3) is 0 Å². The van der Waals surface area contributed by atoms with Crippen LogP contribution in [0.2, 0.25) is 0 Å². The summed E-state index contributed by atoms with van der Waals surface area (Å²) in [6.45, 7) is 1.66. The van der Waals surface area contributed by atoms with Gasteiger partial charge in [0, 0.05) is 25.6 Å². The lowest BCUT2D eigenvalue weighted by Crippen LogP contribution is -2.41. The van der Waals surface area contributed by atoms with Gasteiger partial charge in [0.25, 0.3) is 0 Å². The van der Waals surface area contributed by atoms with E-state index in [0.717, 1.165) is 31.0 Å². The summed E-state index contributed by atoms with van der Waals surface area (Å²) in [4.78, 5) is 4.29. The molecule has 3 rings (SSSR count). The molecule has 2 aromatic rings. The maximum absolute atomic E-state index is 12.9. The molecule has 0 bridgehead atoms. The van der Waals surface area contributed by atoms with E-state index in [1.165, 1.54) is 30.5 Å². The van der Waals surface area contributed by atoms with Gasteiger partial charge in [0.15, 0.2) is 5.96 Å². The topological polar surface area (TPSA) is 36.4 Å². The van der Waals surface area contributed by atoms with Crippen molar-refractivity contribution in [3.8, 4) is 0 Å². The fraction of sp³-hybridized carbons (Fsp3) is 0.350. The highest BCUT2D eigenvalue weighted by Crippen LogP contribution is 2.47. The van der Waals surface area contributed by atoms with Crippen LogP contribution in [0, 0.1) is 5.82 Å². The van der Waals surface area contributed by atoms with Crippen molar-refractivity contribution in [1.82, 2.24) is 10.6 Å². The predicted molar refractivity (Wildman–Crippen MR) is 96.8 cm³/mol. The maximum Gasteiger partial charge on any atom is 0.191 e. The van der Waals surface area contributed by atoms with Gasteiger partial charge in [0.1, 0.15) is 5.82 Å². The zero-order valence-corrected chi connectivity index (χ0v) is 14.1. The summed E-state index contributed by atoms with van der Waals surface area (Å²) < 4.78 is 12.9. The second-order valence-corrected chi connectivity index (χ2v) is 6.38. The quantitative estimate of drug-likeness (QED) is 0.632. The van der Waals surface area contributed by atoms with Gasteiger partial charge in [-0.2, -0.15) is 0 Å². The minimum atomic E-state index is -0.195. The number of nitrogens with one attached hydrogen (secondary N) is 2. The molecule has 0 heterocycles. The van der Waals surface area contributed by atoms with E-state index >= 15 is 0 Å². The highest BCUT2D eigenvalue weighted by atomic mass is 19.1. The van der Waals surface area contributed by atoms with Crippen molar-refractivity contribution in [2.24, 2.45) is 4.99 Å². The van der Waals surface area contributed by atoms with Gasteiger partial charge in [0.05, 0.1) is 0 Å². The lowest BCUT2D eigenvalue weighted by Gasteiger charge is -2.19. The molecule has 0 amide bonds. The third kappa shape index (κ3) is 4.13. The van der Waals surface area contributed by atoms with E-state index in [1.54, 1.807) is 7.05 Å². The summed E-state index contributed by atoms with van der Waals surface area (Å²) in [5.74, 6) is 0.624. The molecule has 0 unspecified atom stereocenters. The molecule has 0 aromatic heterocycles. The van der Waals surface area contributed by atoms with E-state index in [9.17, 15) is 4.39 Å². The Morgan fingerprint density at radius 3 is 2.38 bits per heavy atom. The van der Waals surface area contributed by atoms with Crippen molar-refractivity contribution < 1.29 is 4.39 Å². The molecule has 2 N–H and O–H groups in total. The number of rotatable bonds is 6. The molecule has 24 heavy (non-hydrogen) atoms. The molecule has 4 heteroatoms. The number of aliphatic imine (C=N–C) groups is 1. The molecule has 3 nitrogen and oxygen atoms in total. The number of hydrogen-bond acceptors (Lipinski definition) is 1. The summed E-state index contributed by atoms with van der Waals surface area (Å²) in [6, 6.07) is 17.3. The smallest absolute Gasteiger partial charge is 0.191 e. The SMILES string of the molecule is CN=C(NCCc1ccc(F)cc1)NCC1(c2ccccc2)CC1. The minimum absolute atomic E-state index is 0.195. The zero-order valence-electron chi connectivity index (χ0n) is 14.1. The Balaban J connectivity index is 1.46. The lowest BCUT2D eigenvalue weighted by atomic mass is 9.96. The van der Waals surface area contributed by atoms with Gasteiger partial charge in [-0.1, -0.05) is 42.5 Å². The molecule has 126 valence electrons. The summed E-state index contributed by atoms with van der Waals surface area (Å²) in [7, 11) is 1.79. The second-order valence-electron chi connectivity index (χ2n) is 6.38. The molecule has 0 atom stereocenters. The van der Waals surface area contributed by atoms with E-state index < -0.39 is 0 Å². The van der Waals surface area contributed by atoms with Crippen LogP contribution in [0.15, 0.2) is 59.6 Å². The molecular weight excluding hydrogens is 301 g/mol. The number of hydrogen-bond donors (Lipinski definition) is 2. The van der Waals surface area contributed by atoms with E-state index in [4.69, 9.17) is 0 Å². The van der Waals surface area contributed by atoms with Crippen LogP contribution in [0.3, 0.4) is 0 Å². The maximum atomic E-state index is 12.9. The molecule has 0 radical (unpaired) electrons. The van der Waals surface area contributed by atoms with Crippen molar-refractivity contribution in [1.29, 1.82) is 0 Å². The largest absolute Gasteiger partial charge is 0.356 e. The first-order valence-electron chi connectivity index (χ1n) is 8.46. The normalized spacial score (nSPS) is 15.8. The average Bonchev–Trinajstić information content (AvgIpc) is 3.41. The third-order valence-electron chi connectivity index (χ3n) is 4.68. The van der Waals surface area contributed by atoms with Crippen LogP contribution < -0.4 is 10.6 Å². The zero-order chi connectivity index (χ0) is 16.8. The predicted octanol–water partition coefficient (Wildman–Crippen LogP) is 3.27. The Morgan fingerprint density at radius 1 is 1.04 bits per heavy atom. The van der Waals surface area contributed by atoms with Crippen molar-refractivity contribution in [3.05, 3.63) is 71.5 Å². The molecule has 1 aliphatic rings. The monoisotopic (exact) mass is 325 g/mol. The number of nitrogens with zero attached hydrogens (tertiary/aromatic N) is 1. The number of halogens is 1. The van der Waals surface area contributed by atoms with Gasteiger partial charge in [-0.05, 0) is 42.5 Å². The fourth-order valence-electron chi connectivity index (χ4n) is 2.96. The first-order valence-corrected chi connectivity index (χ1v) is 8.46. The number of guanidine groups is 1. The average molecular weight is 325 g/mol. The first kappa shape index (κ1) is 16.5. The number of benzene rings is 2. The summed E-state index contributed by atoms with van der Waals surface area (Å²) in [6.07, 6.45) is 3.28. The van der Waals surface area contributed by atoms with Crippen molar-refractivity contribution in [2.75, 3.05) is 20.1 Å². The van der Waals surface area contributed by atoms with Gasteiger partial charge >= 0.3 is 0 Å². The Morgan fingerprint density at radius 2 is 1.75 bits per heavy atom. The summed E-state index contributed by atoms with van der Waals surface area (Å²) in [5.41, 5.74) is 2.78.